The molecule has 0 unspecified atom stereocenters. The lowest BCUT2D eigenvalue weighted by atomic mass is 9.80. The first-order valence-corrected chi connectivity index (χ1v) is 45.7. The van der Waals surface area contributed by atoms with Gasteiger partial charge in [-0.3, -0.25) is 0 Å². The topological polar surface area (TPSA) is 0 Å². The summed E-state index contributed by atoms with van der Waals surface area (Å²) in [6.07, 6.45) is -1.81. The van der Waals surface area contributed by atoms with Gasteiger partial charge in [0.1, 0.15) is 0 Å². The maximum atomic E-state index is 13.1. The van der Waals surface area contributed by atoms with Gasteiger partial charge in [-0.1, -0.05) is 374 Å². The predicted molar refractivity (Wildman–Crippen MR) is 518 cm³/mol. The Labute approximate surface area is 718 Å². The van der Waals surface area contributed by atoms with Crippen molar-refractivity contribution in [2.45, 2.75) is 452 Å². The number of rotatable bonds is 20. The van der Waals surface area contributed by atoms with Crippen LogP contribution >= 0.6 is 0 Å². The van der Waals surface area contributed by atoms with E-state index in [1.807, 2.05) is 12.1 Å². The van der Waals surface area contributed by atoms with Gasteiger partial charge in [0.15, 0.2) is 0 Å². The fraction of sp³-hybridized carbons (Fsp3) is 0.628. The van der Waals surface area contributed by atoms with Crippen LogP contribution in [0.25, 0.3) is 0 Å². The molecule has 7 aromatic carbocycles. The van der Waals surface area contributed by atoms with E-state index in [0.717, 1.165) is 29.0 Å². The van der Waals surface area contributed by atoms with Crippen molar-refractivity contribution in [3.05, 3.63) is 241 Å². The Morgan fingerprint density at radius 1 is 0.241 bits per heavy atom. The Hall–Kier alpha value is -5.67. The van der Waals surface area contributed by atoms with E-state index in [9.17, 15) is 13.2 Å². The fourth-order valence-electron chi connectivity index (χ4n) is 16.8. The molecule has 7 rings (SSSR count). The molecule has 0 spiro atoms. The lowest BCUT2D eigenvalue weighted by Gasteiger charge is -2.29. The van der Waals surface area contributed by atoms with E-state index in [-0.39, 0.29) is 11.8 Å². The Balaban J connectivity index is 0.000000680. The van der Waals surface area contributed by atoms with Gasteiger partial charge in [0.05, 0.1) is 5.41 Å². The lowest BCUT2D eigenvalue weighted by Crippen LogP contribution is -2.34. The molecule has 0 aliphatic heterocycles. The van der Waals surface area contributed by atoms with Crippen LogP contribution in [0.4, 0.5) is 13.2 Å². The smallest absolute Gasteiger partial charge is 0.171 e. The summed E-state index contributed by atoms with van der Waals surface area (Å²) in [5.74, 6) is 9.46. The lowest BCUT2D eigenvalue weighted by molar-refractivity contribution is -0.211. The van der Waals surface area contributed by atoms with Crippen LogP contribution in [0.5, 0.6) is 0 Å². The zero-order valence-electron chi connectivity index (χ0n) is 84.7. The van der Waals surface area contributed by atoms with Gasteiger partial charge in [-0.05, 0) is 325 Å². The molecule has 0 aliphatic rings. The van der Waals surface area contributed by atoms with Crippen molar-refractivity contribution in [1.82, 2.24) is 0 Å². The second-order valence-electron chi connectivity index (χ2n) is 42.9. The first-order chi connectivity index (χ1) is 52.8. The monoisotopic (exact) mass is 1600 g/mol. The van der Waals surface area contributed by atoms with Crippen LogP contribution in [0.2, 0.25) is 0 Å². The largest absolute Gasteiger partial charge is 0.394 e. The summed E-state index contributed by atoms with van der Waals surface area (Å²) in [5, 5.41) is 0. The molecule has 0 bridgehead atoms. The minimum atomic E-state index is -4.19. The predicted octanol–water partition coefficient (Wildman–Crippen LogP) is 37.3. The number of alkyl halides is 3. The fourth-order valence-corrected chi connectivity index (χ4v) is 16.8. The van der Waals surface area contributed by atoms with Crippen LogP contribution in [-0.4, -0.2) is 6.18 Å². The van der Waals surface area contributed by atoms with E-state index < -0.39 is 11.6 Å². The molecule has 0 radical (unpaired) electrons. The molecule has 0 fully saturated rings. The Morgan fingerprint density at radius 3 is 0.655 bits per heavy atom. The summed E-state index contributed by atoms with van der Waals surface area (Å²) < 4.78 is 39.3. The van der Waals surface area contributed by atoms with Crippen molar-refractivity contribution in [3.8, 4) is 0 Å². The van der Waals surface area contributed by atoms with Crippen molar-refractivity contribution >= 4 is 0 Å². The summed E-state index contributed by atoms with van der Waals surface area (Å²) in [6.45, 7) is 107. The first-order valence-electron chi connectivity index (χ1n) is 45.7. The van der Waals surface area contributed by atoms with E-state index in [4.69, 9.17) is 0 Å². The van der Waals surface area contributed by atoms with Crippen LogP contribution in [0.1, 0.15) is 516 Å². The average molecular weight is 1600 g/mol. The maximum Gasteiger partial charge on any atom is 0.394 e. The number of halogens is 3. The second kappa shape index (κ2) is 46.9. The van der Waals surface area contributed by atoms with Crippen molar-refractivity contribution in [3.63, 3.8) is 0 Å². The first kappa shape index (κ1) is 108. The van der Waals surface area contributed by atoms with Crippen LogP contribution < -0.4 is 0 Å². The Kier molecular flexibility index (Phi) is 43.8. The Morgan fingerprint density at radius 2 is 0.448 bits per heavy atom. The molecule has 0 aromatic heterocycles. The molecule has 0 amide bonds. The number of benzene rings is 7. The standard InChI is InChI=1S/C18H27F3.C18H30.2C17H28.C16H26.C14H22.C13H20/c1-11(2)15-8-14(9-16(12(3)4)13(15)5)10-17(6,7)18(19,20)21;1-12(2)16-9-15(11-18(6,7)8)10-17(13(3)4)14(16)5;1-11(2)15-9-14(17(6,7)8)10-16(12(3)4)13(15)5;1-11(2)8-15-9-16(12(3)4)14(7)17(10-15)13(5)6;1-10(2)14-8-15(11(3)4)13(7)16(9-14)12(5)6;1-9(2)13-7-11(5)8-14(10(3)4)12(13)6;1-9(2)12-7-6-8-13(10(3)4)11(12)5/h8-9,11-12H,10H2,1-7H3;9-10,12-13H,11H2,1-8H3;9-12H,1-8H3;9-13H,8H2,1-7H3;8-12H,1-7H3;7-10H,1-6H3;6-10H,1-5H3. The number of hydrogen-bond acceptors (Lipinski definition) is 0. The normalized spacial score (nSPS) is 12.2. The second-order valence-corrected chi connectivity index (χ2v) is 42.9. The number of hydrogen-bond donors (Lipinski definition) is 0. The minimum Gasteiger partial charge on any atom is -0.171 e. The van der Waals surface area contributed by atoms with E-state index >= 15 is 0 Å². The van der Waals surface area contributed by atoms with E-state index in [2.05, 4.69) is 397 Å². The highest BCUT2D eigenvalue weighted by Crippen LogP contribution is 2.43. The molecule has 7 aromatic rings. The zero-order valence-corrected chi connectivity index (χ0v) is 84.7. The molecule has 0 saturated carbocycles. The third kappa shape index (κ3) is 33.4. The van der Waals surface area contributed by atoms with Gasteiger partial charge in [-0.2, -0.15) is 13.2 Å². The summed E-state index contributed by atoms with van der Waals surface area (Å²) in [7, 11) is 0. The van der Waals surface area contributed by atoms with E-state index in [1.54, 1.807) is 0 Å². The third-order valence-electron chi connectivity index (χ3n) is 23.7. The van der Waals surface area contributed by atoms with Crippen LogP contribution in [0.3, 0.4) is 0 Å². The molecule has 654 valence electrons. The van der Waals surface area contributed by atoms with E-state index in [0.29, 0.717) is 94.2 Å². The van der Waals surface area contributed by atoms with Gasteiger partial charge < -0.3 is 0 Å². The highest BCUT2D eigenvalue weighted by atomic mass is 19.4. The molecule has 0 atom stereocenters. The summed E-state index contributed by atoms with van der Waals surface area (Å²) >= 11 is 0. The van der Waals surface area contributed by atoms with Gasteiger partial charge in [0.25, 0.3) is 0 Å². The van der Waals surface area contributed by atoms with Crippen molar-refractivity contribution in [1.29, 1.82) is 0 Å². The Bertz CT molecular complexity index is 3910. The van der Waals surface area contributed by atoms with Crippen molar-refractivity contribution < 1.29 is 13.2 Å². The molecular formula is C113H181F3. The third-order valence-corrected chi connectivity index (χ3v) is 23.7. The van der Waals surface area contributed by atoms with Gasteiger partial charge in [-0.15, -0.1) is 0 Å². The zero-order chi connectivity index (χ0) is 90.6. The summed E-state index contributed by atoms with van der Waals surface area (Å²) in [5.41, 5.74) is 37.7. The van der Waals surface area contributed by atoms with E-state index in [1.165, 1.54) is 154 Å². The molecule has 3 heteroatoms. The molecule has 0 heterocycles. The van der Waals surface area contributed by atoms with Gasteiger partial charge in [0, 0.05) is 0 Å². The van der Waals surface area contributed by atoms with Gasteiger partial charge in [0.2, 0.25) is 0 Å². The highest BCUT2D eigenvalue weighted by Gasteiger charge is 2.47. The van der Waals surface area contributed by atoms with Gasteiger partial charge >= 0.3 is 6.18 Å². The highest BCUT2D eigenvalue weighted by molar-refractivity contribution is 5.48. The molecule has 116 heavy (non-hydrogen) atoms. The van der Waals surface area contributed by atoms with Crippen LogP contribution in [0.15, 0.2) is 91.0 Å². The van der Waals surface area contributed by atoms with Crippen molar-refractivity contribution in [2.24, 2.45) is 16.7 Å². The maximum absolute atomic E-state index is 13.1. The molecular weight excluding hydrogens is 1410 g/mol. The van der Waals surface area contributed by atoms with Crippen molar-refractivity contribution in [2.75, 3.05) is 0 Å². The SMILES string of the molecule is Cc1c(C(C)C)cc(C(C)(C)C)cc1C(C)C.Cc1c(C(C)C)cc(C(C)C)cc1C(C)C.Cc1c(C(C)C)cc(CC(C)(C)C(F)(F)F)cc1C(C)C.Cc1c(C(C)C)cc(CC(C)(C)C)cc1C(C)C.Cc1c(C(C)C)cc(CC(C)C)cc1C(C)C.Cc1c(C(C)C)cccc1C(C)C.Cc1cc(C(C)C)c(C)c(C(C)C)c1. The minimum absolute atomic E-state index is 0.0240. The van der Waals surface area contributed by atoms with Crippen LogP contribution in [0, 0.1) is 72.1 Å². The summed E-state index contributed by atoms with van der Waals surface area (Å²) in [6, 6.07) is 34.5. The molecule has 0 nitrogen and oxygen atoms in total. The number of aryl methyl sites for hydroxylation is 1. The summed E-state index contributed by atoms with van der Waals surface area (Å²) in [4.78, 5) is 0. The molecule has 0 saturated heterocycles. The quantitative estimate of drug-likeness (QED) is 0.0714. The molecule has 0 N–H and O–H groups in total. The van der Waals surface area contributed by atoms with Crippen LogP contribution in [-0.2, 0) is 24.7 Å². The molecule has 0 aliphatic carbocycles. The van der Waals surface area contributed by atoms with Gasteiger partial charge in [-0.25, -0.2) is 0 Å². The average Bonchev–Trinajstić information content (AvgIpc) is 0.795.